The fourth-order valence-electron chi connectivity index (χ4n) is 3.32. The number of para-hydroxylation sites is 2. The molecule has 1 N–H and O–H groups in total. The maximum atomic E-state index is 12.3. The Morgan fingerprint density at radius 2 is 1.61 bits per heavy atom. The van der Waals surface area contributed by atoms with Gasteiger partial charge in [-0.3, -0.25) is 14.4 Å². The number of amides is 2. The molecule has 1 heterocycles. The first-order valence-corrected chi connectivity index (χ1v) is 10.3. The minimum absolute atomic E-state index is 0.242. The predicted molar refractivity (Wildman–Crippen MR) is 116 cm³/mol. The molecule has 0 unspecified atom stereocenters. The Kier molecular flexibility index (Phi) is 7.86. The van der Waals surface area contributed by atoms with Gasteiger partial charge < -0.3 is 24.6 Å². The number of anilines is 1. The standard InChI is InChI=1S/C23H27N3O5/c1-2-30-20-11-7-6-10-19(20)23(29)24-16-22(28)31-17-21(27)26-14-12-25(13-15-26)18-8-4-3-5-9-18/h3-11H,2,12-17H2,1H3,(H,24,29). The van der Waals surface area contributed by atoms with Crippen LogP contribution in [0.25, 0.3) is 0 Å². The Labute approximate surface area is 181 Å². The second-order valence-electron chi connectivity index (χ2n) is 6.98. The van der Waals surface area contributed by atoms with E-state index >= 15 is 0 Å². The lowest BCUT2D eigenvalue weighted by Crippen LogP contribution is -2.50. The van der Waals surface area contributed by atoms with Crippen LogP contribution < -0.4 is 15.0 Å². The molecule has 164 valence electrons. The minimum Gasteiger partial charge on any atom is -0.493 e. The first kappa shape index (κ1) is 22.1. The van der Waals surface area contributed by atoms with E-state index in [0.29, 0.717) is 31.0 Å². The molecule has 2 aromatic carbocycles. The summed E-state index contributed by atoms with van der Waals surface area (Å²) >= 11 is 0. The monoisotopic (exact) mass is 425 g/mol. The molecule has 3 rings (SSSR count). The molecule has 1 aliphatic rings. The van der Waals surface area contributed by atoms with Crippen molar-refractivity contribution in [3.63, 3.8) is 0 Å². The topological polar surface area (TPSA) is 88.2 Å². The predicted octanol–water partition coefficient (Wildman–Crippen LogP) is 1.71. The van der Waals surface area contributed by atoms with Gasteiger partial charge in [-0.25, -0.2) is 0 Å². The average Bonchev–Trinajstić information content (AvgIpc) is 2.82. The molecule has 1 aliphatic heterocycles. The third-order valence-electron chi connectivity index (χ3n) is 4.94. The molecule has 0 aromatic heterocycles. The van der Waals surface area contributed by atoms with E-state index in [1.54, 1.807) is 29.2 Å². The van der Waals surface area contributed by atoms with Crippen molar-refractivity contribution < 1.29 is 23.9 Å². The summed E-state index contributed by atoms with van der Waals surface area (Å²) < 4.78 is 10.5. The fraction of sp³-hybridized carbons (Fsp3) is 0.348. The highest BCUT2D eigenvalue weighted by Gasteiger charge is 2.22. The summed E-state index contributed by atoms with van der Waals surface area (Å²) in [5.41, 5.74) is 1.46. The lowest BCUT2D eigenvalue weighted by atomic mass is 10.2. The molecule has 0 aliphatic carbocycles. The first-order chi connectivity index (χ1) is 15.1. The summed E-state index contributed by atoms with van der Waals surface area (Å²) in [6, 6.07) is 16.8. The van der Waals surface area contributed by atoms with Crippen LogP contribution in [0.3, 0.4) is 0 Å². The van der Waals surface area contributed by atoms with Crippen LogP contribution in [0.5, 0.6) is 5.75 Å². The maximum Gasteiger partial charge on any atom is 0.325 e. The molecule has 8 heteroatoms. The number of esters is 1. The van der Waals surface area contributed by atoms with Crippen LogP contribution in [0, 0.1) is 0 Å². The van der Waals surface area contributed by atoms with Crippen LogP contribution in [0.1, 0.15) is 17.3 Å². The van der Waals surface area contributed by atoms with Gasteiger partial charge in [-0.2, -0.15) is 0 Å². The quantitative estimate of drug-likeness (QED) is 0.648. The van der Waals surface area contributed by atoms with E-state index in [2.05, 4.69) is 10.2 Å². The summed E-state index contributed by atoms with van der Waals surface area (Å²) in [7, 11) is 0. The molecule has 0 saturated carbocycles. The van der Waals surface area contributed by atoms with Gasteiger partial charge >= 0.3 is 5.97 Å². The van der Waals surface area contributed by atoms with Crippen LogP contribution in [-0.4, -0.2) is 68.6 Å². The van der Waals surface area contributed by atoms with Gasteiger partial charge in [0.05, 0.1) is 12.2 Å². The van der Waals surface area contributed by atoms with Crippen LogP contribution in [0.2, 0.25) is 0 Å². The summed E-state index contributed by atoms with van der Waals surface area (Å²) in [6.07, 6.45) is 0. The van der Waals surface area contributed by atoms with Crippen molar-refractivity contribution in [3.05, 3.63) is 60.2 Å². The Bertz CT molecular complexity index is 895. The van der Waals surface area contributed by atoms with Crippen LogP contribution >= 0.6 is 0 Å². The van der Waals surface area contributed by atoms with Gasteiger partial charge in [0.15, 0.2) is 6.61 Å². The molecule has 0 bridgehead atoms. The van der Waals surface area contributed by atoms with Crippen LogP contribution in [0.15, 0.2) is 54.6 Å². The zero-order valence-corrected chi connectivity index (χ0v) is 17.6. The Hall–Kier alpha value is -3.55. The molecule has 2 amide bonds. The SMILES string of the molecule is CCOc1ccccc1C(=O)NCC(=O)OCC(=O)N1CCN(c2ccccc2)CC1. The number of hydrogen-bond acceptors (Lipinski definition) is 6. The molecule has 0 atom stereocenters. The number of carbonyl (C=O) groups is 3. The number of piperazine rings is 1. The van der Waals surface area contributed by atoms with Crippen molar-refractivity contribution in [1.82, 2.24) is 10.2 Å². The second kappa shape index (κ2) is 11.0. The van der Waals surface area contributed by atoms with Crippen molar-refractivity contribution in [3.8, 4) is 5.75 Å². The van der Waals surface area contributed by atoms with E-state index in [4.69, 9.17) is 9.47 Å². The smallest absolute Gasteiger partial charge is 0.325 e. The summed E-state index contributed by atoms with van der Waals surface area (Å²) in [5, 5.41) is 2.50. The Balaban J connectivity index is 1.39. The second-order valence-corrected chi connectivity index (χ2v) is 6.98. The molecule has 1 saturated heterocycles. The zero-order chi connectivity index (χ0) is 22.1. The fourth-order valence-corrected chi connectivity index (χ4v) is 3.32. The van der Waals surface area contributed by atoms with Gasteiger partial charge in [0, 0.05) is 31.9 Å². The third kappa shape index (κ3) is 6.21. The van der Waals surface area contributed by atoms with Crippen molar-refractivity contribution in [1.29, 1.82) is 0 Å². The van der Waals surface area contributed by atoms with Crippen molar-refractivity contribution in [2.75, 3.05) is 50.8 Å². The van der Waals surface area contributed by atoms with Crippen molar-refractivity contribution in [2.45, 2.75) is 6.92 Å². The number of nitrogens with zero attached hydrogens (tertiary/aromatic N) is 2. The summed E-state index contributed by atoms with van der Waals surface area (Å²) in [5.74, 6) is -0.905. The van der Waals surface area contributed by atoms with Gasteiger partial charge in [-0.05, 0) is 31.2 Å². The van der Waals surface area contributed by atoms with Crippen molar-refractivity contribution in [2.24, 2.45) is 0 Å². The molecular weight excluding hydrogens is 398 g/mol. The van der Waals surface area contributed by atoms with Gasteiger partial charge in [-0.1, -0.05) is 30.3 Å². The molecule has 1 fully saturated rings. The highest BCUT2D eigenvalue weighted by atomic mass is 16.5. The Morgan fingerprint density at radius 1 is 0.935 bits per heavy atom. The van der Waals surface area contributed by atoms with Gasteiger partial charge in [-0.15, -0.1) is 0 Å². The van der Waals surface area contributed by atoms with E-state index in [0.717, 1.165) is 18.8 Å². The van der Waals surface area contributed by atoms with Crippen LogP contribution in [-0.2, 0) is 14.3 Å². The number of benzene rings is 2. The lowest BCUT2D eigenvalue weighted by Gasteiger charge is -2.36. The highest BCUT2D eigenvalue weighted by molar-refractivity contribution is 5.98. The van der Waals surface area contributed by atoms with E-state index in [9.17, 15) is 14.4 Å². The minimum atomic E-state index is -0.668. The highest BCUT2D eigenvalue weighted by Crippen LogP contribution is 2.18. The number of hydrogen-bond donors (Lipinski definition) is 1. The number of carbonyl (C=O) groups excluding carboxylic acids is 3. The van der Waals surface area contributed by atoms with E-state index < -0.39 is 11.9 Å². The largest absolute Gasteiger partial charge is 0.493 e. The zero-order valence-electron chi connectivity index (χ0n) is 17.6. The molecule has 31 heavy (non-hydrogen) atoms. The number of ether oxygens (including phenoxy) is 2. The molecule has 0 radical (unpaired) electrons. The number of rotatable bonds is 8. The van der Waals surface area contributed by atoms with Crippen LogP contribution in [0.4, 0.5) is 5.69 Å². The number of nitrogens with one attached hydrogen (secondary N) is 1. The lowest BCUT2D eigenvalue weighted by molar-refractivity contribution is -0.151. The van der Waals surface area contributed by atoms with Gasteiger partial charge in [0.25, 0.3) is 11.8 Å². The van der Waals surface area contributed by atoms with Gasteiger partial charge in [0.1, 0.15) is 12.3 Å². The summed E-state index contributed by atoms with van der Waals surface area (Å²) in [4.78, 5) is 40.5. The van der Waals surface area contributed by atoms with E-state index in [-0.39, 0.29) is 19.1 Å². The molecular formula is C23H27N3O5. The summed E-state index contributed by atoms with van der Waals surface area (Å²) in [6.45, 7) is 4.16. The van der Waals surface area contributed by atoms with Gasteiger partial charge in [0.2, 0.25) is 0 Å². The van der Waals surface area contributed by atoms with Crippen molar-refractivity contribution >= 4 is 23.5 Å². The average molecular weight is 425 g/mol. The normalized spacial score (nSPS) is 13.5. The van der Waals surface area contributed by atoms with E-state index in [1.165, 1.54) is 0 Å². The molecule has 8 nitrogen and oxygen atoms in total. The first-order valence-electron chi connectivity index (χ1n) is 10.3. The Morgan fingerprint density at radius 3 is 2.32 bits per heavy atom. The molecule has 0 spiro atoms. The van der Waals surface area contributed by atoms with E-state index in [1.807, 2.05) is 37.3 Å². The third-order valence-corrected chi connectivity index (χ3v) is 4.94. The maximum absolute atomic E-state index is 12.3. The molecule has 2 aromatic rings.